The third-order valence-corrected chi connectivity index (χ3v) is 5.45. The lowest BCUT2D eigenvalue weighted by Crippen LogP contribution is -2.43. The topological polar surface area (TPSA) is 12.9 Å². The van der Waals surface area contributed by atoms with Crippen molar-refractivity contribution in [1.82, 2.24) is 4.98 Å². The summed E-state index contributed by atoms with van der Waals surface area (Å²) in [6.07, 6.45) is 1.95. The maximum Gasteiger partial charge on any atom is 0.0704 e. The number of hydrogen-bond donors (Lipinski definition) is 0. The van der Waals surface area contributed by atoms with Crippen LogP contribution in [0, 0.1) is 5.41 Å². The Hall–Kier alpha value is -1.50. The second-order valence-corrected chi connectivity index (χ2v) is 10.8. The fourth-order valence-corrected chi connectivity index (χ4v) is 3.10. The van der Waals surface area contributed by atoms with Gasteiger partial charge in [-0.1, -0.05) is 97.4 Å². The number of aromatic nitrogens is 1. The Balaban J connectivity index is 2.63. The molecule has 3 heteroatoms. The summed E-state index contributed by atoms with van der Waals surface area (Å²) in [5.41, 5.74) is 5.10. The number of pyridine rings is 1. The molecule has 140 valence electrons. The van der Waals surface area contributed by atoms with Crippen molar-refractivity contribution < 1.29 is 0 Å². The van der Waals surface area contributed by atoms with Crippen molar-refractivity contribution in [2.75, 3.05) is 0 Å². The van der Waals surface area contributed by atoms with Gasteiger partial charge in [-0.25, -0.2) is 0 Å². The van der Waals surface area contributed by atoms with Gasteiger partial charge in [0.1, 0.15) is 0 Å². The predicted molar refractivity (Wildman–Crippen MR) is 120 cm³/mol. The zero-order valence-electron chi connectivity index (χ0n) is 18.6. The van der Waals surface area contributed by atoms with Crippen molar-refractivity contribution in [2.45, 2.75) is 78.4 Å². The maximum atomic E-state index is 6.69. The molecule has 2 aromatic rings. The zero-order chi connectivity index (χ0) is 20.8. The monoisotopic (exact) mass is 357 g/mol. The summed E-state index contributed by atoms with van der Waals surface area (Å²) >= 11 is 0. The average molecular weight is 357 g/mol. The zero-order valence-corrected chi connectivity index (χ0v) is 18.6. The van der Waals surface area contributed by atoms with E-state index in [1.807, 2.05) is 6.20 Å². The number of nitrogens with zero attached hydrogens (tertiary/aromatic N) is 1. The molecule has 0 N–H and O–H groups in total. The summed E-state index contributed by atoms with van der Waals surface area (Å²) in [7, 11) is 13.4. The van der Waals surface area contributed by atoms with Crippen molar-refractivity contribution in [1.29, 1.82) is 0 Å². The van der Waals surface area contributed by atoms with Crippen molar-refractivity contribution in [2.24, 2.45) is 5.41 Å². The molecule has 1 heterocycles. The van der Waals surface area contributed by atoms with Crippen molar-refractivity contribution in [3.63, 3.8) is 0 Å². The molecular weight excluding hydrogens is 324 g/mol. The minimum absolute atomic E-state index is 0.0911. The lowest BCUT2D eigenvalue weighted by atomic mass is 9.40. The largest absolute Gasteiger partial charge is 0.256 e. The van der Waals surface area contributed by atoms with Gasteiger partial charge in [0.25, 0.3) is 0 Å². The normalized spacial score (nSPS) is 13.7. The second-order valence-electron chi connectivity index (χ2n) is 10.8. The van der Waals surface area contributed by atoms with E-state index in [1.165, 1.54) is 5.56 Å². The minimum Gasteiger partial charge on any atom is -0.256 e. The van der Waals surface area contributed by atoms with Crippen molar-refractivity contribution in [3.8, 4) is 11.3 Å². The molecule has 0 amide bonds. The first-order valence-electron chi connectivity index (χ1n) is 9.75. The van der Waals surface area contributed by atoms with Crippen LogP contribution >= 0.6 is 0 Å². The molecule has 0 unspecified atom stereocenters. The molecule has 0 aliphatic heterocycles. The van der Waals surface area contributed by atoms with Gasteiger partial charge in [0.05, 0.1) is 21.4 Å². The van der Waals surface area contributed by atoms with Crippen LogP contribution in [0.4, 0.5) is 0 Å². The number of benzene rings is 1. The molecule has 0 saturated carbocycles. The molecule has 0 bridgehead atoms. The average Bonchev–Trinajstić information content (AvgIpc) is 2.51. The van der Waals surface area contributed by atoms with Gasteiger partial charge in [-0.2, -0.15) is 0 Å². The van der Waals surface area contributed by atoms with E-state index in [4.69, 9.17) is 20.7 Å². The van der Waals surface area contributed by atoms with Gasteiger partial charge in [-0.05, 0) is 33.4 Å². The predicted octanol–water partition coefficient (Wildman–Crippen LogP) is 5.88. The van der Waals surface area contributed by atoms with Gasteiger partial charge in [0.15, 0.2) is 0 Å². The first-order chi connectivity index (χ1) is 12.0. The molecule has 0 atom stereocenters. The number of rotatable bonds is 2. The van der Waals surface area contributed by atoms with Crippen LogP contribution in [-0.4, -0.2) is 20.7 Å². The Bertz CT molecular complexity index is 798. The standard InChI is InChI=1S/C24H33B2N/c1-21(2,3)17-12-10-16(11-13-17)20-14-18(24(25,26)23(7,8)9)19(15-27-20)22(4,5)6/h10-15H,1-9H3. The first-order valence-corrected chi connectivity index (χ1v) is 9.75. The van der Waals surface area contributed by atoms with Gasteiger partial charge in [-0.3, -0.25) is 4.98 Å². The van der Waals surface area contributed by atoms with E-state index in [0.717, 1.165) is 22.4 Å². The van der Waals surface area contributed by atoms with Crippen LogP contribution in [0.15, 0.2) is 36.5 Å². The van der Waals surface area contributed by atoms with Gasteiger partial charge in [0, 0.05) is 11.8 Å². The number of hydrogen-bond acceptors (Lipinski definition) is 1. The summed E-state index contributed by atoms with van der Waals surface area (Å²) < 4.78 is 0. The fourth-order valence-electron chi connectivity index (χ4n) is 3.10. The SMILES string of the molecule is [B]C([B])(c1cc(-c2ccc(C(C)(C)C)cc2)ncc1C(C)(C)C)C(C)(C)C. The van der Waals surface area contributed by atoms with Gasteiger partial charge in [-0.15, -0.1) is 0 Å². The molecule has 1 aromatic carbocycles. The van der Waals surface area contributed by atoms with E-state index in [9.17, 15) is 0 Å². The van der Waals surface area contributed by atoms with Crippen LogP contribution in [-0.2, 0) is 16.0 Å². The molecule has 0 spiro atoms. The highest BCUT2D eigenvalue weighted by Crippen LogP contribution is 2.42. The van der Waals surface area contributed by atoms with Crippen LogP contribution in [0.2, 0.25) is 0 Å². The molecule has 0 aliphatic rings. The van der Waals surface area contributed by atoms with Crippen LogP contribution in [0.3, 0.4) is 0 Å². The highest BCUT2D eigenvalue weighted by Gasteiger charge is 2.37. The summed E-state index contributed by atoms with van der Waals surface area (Å²) in [6, 6.07) is 10.7. The maximum absolute atomic E-state index is 6.69. The van der Waals surface area contributed by atoms with Crippen LogP contribution in [0.5, 0.6) is 0 Å². The Morgan fingerprint density at radius 3 is 1.63 bits per heavy atom. The summed E-state index contributed by atoms with van der Waals surface area (Å²) in [6.45, 7) is 19.4. The Labute approximate surface area is 169 Å². The Morgan fingerprint density at radius 2 is 1.22 bits per heavy atom. The Kier molecular flexibility index (Phi) is 5.52. The first kappa shape index (κ1) is 21.8. The minimum atomic E-state index is -0.960. The van der Waals surface area contributed by atoms with E-state index in [0.29, 0.717) is 0 Å². The van der Waals surface area contributed by atoms with Gasteiger partial charge < -0.3 is 0 Å². The van der Waals surface area contributed by atoms with Crippen molar-refractivity contribution >= 4 is 15.7 Å². The highest BCUT2D eigenvalue weighted by molar-refractivity contribution is 6.40. The van der Waals surface area contributed by atoms with Crippen LogP contribution in [0.1, 0.15) is 79.0 Å². The molecule has 1 aromatic heterocycles. The molecule has 0 aliphatic carbocycles. The van der Waals surface area contributed by atoms with E-state index >= 15 is 0 Å². The van der Waals surface area contributed by atoms with Crippen LogP contribution < -0.4 is 0 Å². The van der Waals surface area contributed by atoms with Gasteiger partial charge >= 0.3 is 0 Å². The Morgan fingerprint density at radius 1 is 0.704 bits per heavy atom. The van der Waals surface area contributed by atoms with E-state index < -0.39 is 5.21 Å². The summed E-state index contributed by atoms with van der Waals surface area (Å²) in [4.78, 5) is 4.75. The molecule has 27 heavy (non-hydrogen) atoms. The third-order valence-electron chi connectivity index (χ3n) is 5.45. The summed E-state index contributed by atoms with van der Waals surface area (Å²) in [5.74, 6) is 0. The van der Waals surface area contributed by atoms with E-state index in [1.54, 1.807) is 0 Å². The lowest BCUT2D eigenvalue weighted by Gasteiger charge is -2.43. The van der Waals surface area contributed by atoms with Gasteiger partial charge in [0.2, 0.25) is 0 Å². The molecular formula is C24H33B2N. The molecule has 1 nitrogen and oxygen atoms in total. The molecule has 0 saturated heterocycles. The second kappa shape index (κ2) is 6.83. The van der Waals surface area contributed by atoms with Crippen molar-refractivity contribution in [3.05, 3.63) is 53.2 Å². The highest BCUT2D eigenvalue weighted by atomic mass is 14.7. The van der Waals surface area contributed by atoms with E-state index in [-0.39, 0.29) is 16.2 Å². The van der Waals surface area contributed by atoms with E-state index in [2.05, 4.69) is 92.6 Å². The quantitative estimate of drug-likeness (QED) is 0.612. The smallest absolute Gasteiger partial charge is 0.0704 e. The van der Waals surface area contributed by atoms with Crippen LogP contribution in [0.25, 0.3) is 11.3 Å². The lowest BCUT2D eigenvalue weighted by molar-refractivity contribution is 0.353. The fraction of sp³-hybridized carbons (Fsp3) is 0.542. The molecule has 0 fully saturated rings. The molecule has 4 radical (unpaired) electrons. The third kappa shape index (κ3) is 4.50. The summed E-state index contributed by atoms with van der Waals surface area (Å²) in [5, 5.41) is -0.960. The molecule has 2 rings (SSSR count).